The summed E-state index contributed by atoms with van der Waals surface area (Å²) in [6, 6.07) is 6.24. The van der Waals surface area contributed by atoms with Gasteiger partial charge in [-0.1, -0.05) is 30.4 Å². The molecule has 0 aromatic heterocycles. The van der Waals surface area contributed by atoms with Crippen LogP contribution in [0, 0.1) is 17.8 Å². The molecule has 27 heavy (non-hydrogen) atoms. The largest absolute Gasteiger partial charge is 0.489 e. The molecule has 2 aliphatic rings. The van der Waals surface area contributed by atoms with Crippen LogP contribution in [0.5, 0.6) is 5.75 Å². The molecule has 1 aromatic rings. The Balaban J connectivity index is 1.67. The lowest BCUT2D eigenvalue weighted by Crippen LogP contribution is -2.15. The Kier molecular flexibility index (Phi) is 6.58. The highest BCUT2D eigenvalue weighted by Crippen LogP contribution is 2.51. The van der Waals surface area contributed by atoms with Gasteiger partial charge in [-0.3, -0.25) is 4.79 Å². The fourth-order valence-electron chi connectivity index (χ4n) is 4.27. The van der Waals surface area contributed by atoms with Gasteiger partial charge in [-0.2, -0.15) is 0 Å². The molecule has 0 spiro atoms. The molecule has 4 atom stereocenters. The second-order valence-electron chi connectivity index (χ2n) is 7.42. The van der Waals surface area contributed by atoms with Crippen LogP contribution in [-0.2, 0) is 11.2 Å². The molecular formula is C23H28O4. The third-order valence-corrected chi connectivity index (χ3v) is 5.56. The van der Waals surface area contributed by atoms with Gasteiger partial charge in [0.1, 0.15) is 11.9 Å². The number of hydrogen-bond donors (Lipinski definition) is 2. The SMILES string of the molecule is CC#CCCC(O)/C=C/[C@H]1CC[C@@H]2Oc3c(CCCC(=O)O)cccc3C21. The van der Waals surface area contributed by atoms with E-state index in [0.717, 1.165) is 30.6 Å². The van der Waals surface area contributed by atoms with Gasteiger partial charge in [-0.15, -0.1) is 11.8 Å². The summed E-state index contributed by atoms with van der Waals surface area (Å²) in [5, 5.41) is 19.0. The Labute approximate surface area is 161 Å². The highest BCUT2D eigenvalue weighted by molar-refractivity contribution is 5.66. The molecule has 0 radical (unpaired) electrons. The average molecular weight is 368 g/mol. The van der Waals surface area contributed by atoms with E-state index in [4.69, 9.17) is 9.84 Å². The molecule has 1 saturated carbocycles. The number of carboxylic acids is 1. The van der Waals surface area contributed by atoms with E-state index in [9.17, 15) is 9.90 Å². The summed E-state index contributed by atoms with van der Waals surface area (Å²) < 4.78 is 6.27. The molecule has 4 heteroatoms. The third-order valence-electron chi connectivity index (χ3n) is 5.56. The Morgan fingerprint density at radius 2 is 2.26 bits per heavy atom. The number of carbonyl (C=O) groups is 1. The van der Waals surface area contributed by atoms with Crippen LogP contribution >= 0.6 is 0 Å². The lowest BCUT2D eigenvalue weighted by atomic mass is 9.87. The fourth-order valence-corrected chi connectivity index (χ4v) is 4.27. The minimum Gasteiger partial charge on any atom is -0.489 e. The number of rotatable bonds is 8. The van der Waals surface area contributed by atoms with Crippen LogP contribution in [0.1, 0.15) is 62.5 Å². The predicted molar refractivity (Wildman–Crippen MR) is 105 cm³/mol. The van der Waals surface area contributed by atoms with E-state index in [2.05, 4.69) is 30.0 Å². The van der Waals surface area contributed by atoms with Crippen molar-refractivity contribution in [2.75, 3.05) is 0 Å². The number of carboxylic acid groups (broad SMARTS) is 1. The van der Waals surface area contributed by atoms with E-state index >= 15 is 0 Å². The molecule has 0 amide bonds. The Bertz CT molecular complexity index is 755. The van der Waals surface area contributed by atoms with Gasteiger partial charge in [0.15, 0.2) is 0 Å². The summed E-state index contributed by atoms with van der Waals surface area (Å²) in [7, 11) is 0. The van der Waals surface area contributed by atoms with Crippen molar-refractivity contribution in [2.24, 2.45) is 5.92 Å². The summed E-state index contributed by atoms with van der Waals surface area (Å²) in [6.07, 6.45) is 8.81. The van der Waals surface area contributed by atoms with E-state index in [1.54, 1.807) is 0 Å². The maximum atomic E-state index is 10.8. The zero-order valence-electron chi connectivity index (χ0n) is 15.9. The lowest BCUT2D eigenvalue weighted by Gasteiger charge is -2.15. The molecule has 2 unspecified atom stereocenters. The van der Waals surface area contributed by atoms with Crippen molar-refractivity contribution in [1.82, 2.24) is 0 Å². The molecule has 2 N–H and O–H groups in total. The molecule has 1 heterocycles. The maximum Gasteiger partial charge on any atom is 0.303 e. The molecule has 0 saturated heterocycles. The smallest absolute Gasteiger partial charge is 0.303 e. The number of aryl methyl sites for hydroxylation is 1. The second-order valence-corrected chi connectivity index (χ2v) is 7.42. The van der Waals surface area contributed by atoms with Crippen LogP contribution in [-0.4, -0.2) is 28.4 Å². The van der Waals surface area contributed by atoms with Crippen molar-refractivity contribution in [3.05, 3.63) is 41.5 Å². The average Bonchev–Trinajstić information content (AvgIpc) is 3.20. The van der Waals surface area contributed by atoms with Gasteiger partial charge in [0.2, 0.25) is 0 Å². The van der Waals surface area contributed by atoms with Crippen molar-refractivity contribution in [3.63, 3.8) is 0 Å². The van der Waals surface area contributed by atoms with Gasteiger partial charge in [0, 0.05) is 24.3 Å². The number of fused-ring (bicyclic) bond motifs is 3. The quantitative estimate of drug-likeness (QED) is 0.536. The summed E-state index contributed by atoms with van der Waals surface area (Å²) in [4.78, 5) is 10.8. The van der Waals surface area contributed by atoms with E-state index in [-0.39, 0.29) is 12.5 Å². The van der Waals surface area contributed by atoms with E-state index in [1.807, 2.05) is 19.1 Å². The van der Waals surface area contributed by atoms with Crippen molar-refractivity contribution in [3.8, 4) is 17.6 Å². The first kappa shape index (κ1) is 19.5. The van der Waals surface area contributed by atoms with E-state index in [1.165, 1.54) is 5.56 Å². The standard InChI is InChI=1S/C23H28O4/c1-2-3-4-9-18(24)14-12-16-13-15-20-22(16)19-10-5-7-17(23(19)27-20)8-6-11-21(25)26/h5,7,10,12,14,16,18,20,22,24H,4,6,8-9,11,13,15H2,1H3,(H,25,26)/b14-12+/t16-,18?,20-,22?/m0/s1. The third kappa shape index (κ3) is 4.73. The fraction of sp³-hybridized carbons (Fsp3) is 0.522. The zero-order chi connectivity index (χ0) is 19.2. The number of benzene rings is 1. The van der Waals surface area contributed by atoms with E-state index < -0.39 is 12.1 Å². The number of aliphatic hydroxyl groups excluding tert-OH is 1. The highest BCUT2D eigenvalue weighted by atomic mass is 16.5. The first-order valence-corrected chi connectivity index (χ1v) is 9.86. The minimum absolute atomic E-state index is 0.183. The van der Waals surface area contributed by atoms with Gasteiger partial charge < -0.3 is 14.9 Å². The maximum absolute atomic E-state index is 10.8. The normalized spacial score (nSPS) is 24.0. The van der Waals surface area contributed by atoms with Crippen molar-refractivity contribution < 1.29 is 19.7 Å². The van der Waals surface area contributed by atoms with Crippen molar-refractivity contribution in [2.45, 2.75) is 70.0 Å². The van der Waals surface area contributed by atoms with Gasteiger partial charge in [0.25, 0.3) is 0 Å². The molecule has 1 fully saturated rings. The summed E-state index contributed by atoms with van der Waals surface area (Å²) in [5.41, 5.74) is 2.36. The van der Waals surface area contributed by atoms with Gasteiger partial charge in [0.05, 0.1) is 6.10 Å². The first-order valence-electron chi connectivity index (χ1n) is 9.86. The Morgan fingerprint density at radius 1 is 1.41 bits per heavy atom. The molecule has 1 aliphatic heterocycles. The van der Waals surface area contributed by atoms with Crippen molar-refractivity contribution in [1.29, 1.82) is 0 Å². The Hall–Kier alpha value is -2.25. The van der Waals surface area contributed by atoms with E-state index in [0.29, 0.717) is 31.1 Å². The van der Waals surface area contributed by atoms with Crippen molar-refractivity contribution >= 4 is 5.97 Å². The van der Waals surface area contributed by atoms with Gasteiger partial charge in [-0.25, -0.2) is 0 Å². The zero-order valence-corrected chi connectivity index (χ0v) is 15.9. The minimum atomic E-state index is -0.756. The van der Waals surface area contributed by atoms with Crippen LogP contribution in [0.3, 0.4) is 0 Å². The number of aliphatic carboxylic acids is 1. The van der Waals surface area contributed by atoms with Crippen LogP contribution in [0.15, 0.2) is 30.4 Å². The molecule has 4 nitrogen and oxygen atoms in total. The number of para-hydroxylation sites is 1. The van der Waals surface area contributed by atoms with Crippen LogP contribution in [0.2, 0.25) is 0 Å². The van der Waals surface area contributed by atoms with Gasteiger partial charge in [-0.05, 0) is 50.5 Å². The second kappa shape index (κ2) is 9.10. The summed E-state index contributed by atoms with van der Waals surface area (Å²) >= 11 is 0. The monoisotopic (exact) mass is 368 g/mol. The van der Waals surface area contributed by atoms with Crippen LogP contribution in [0.4, 0.5) is 0 Å². The number of ether oxygens (including phenoxy) is 1. The van der Waals surface area contributed by atoms with Crippen LogP contribution < -0.4 is 4.74 Å². The number of aliphatic hydroxyl groups is 1. The summed E-state index contributed by atoms with van der Waals surface area (Å²) in [5.74, 6) is 6.76. The predicted octanol–water partition coefficient (Wildman–Crippen LogP) is 4.07. The molecule has 1 aromatic carbocycles. The first-order chi connectivity index (χ1) is 13.1. The highest BCUT2D eigenvalue weighted by Gasteiger charge is 2.44. The molecule has 144 valence electrons. The lowest BCUT2D eigenvalue weighted by molar-refractivity contribution is -0.137. The van der Waals surface area contributed by atoms with Crippen LogP contribution in [0.25, 0.3) is 0 Å². The molecule has 1 aliphatic carbocycles. The Morgan fingerprint density at radius 3 is 3.04 bits per heavy atom. The number of hydrogen-bond acceptors (Lipinski definition) is 3. The molecule has 0 bridgehead atoms. The number of allylic oxidation sites excluding steroid dienone is 1. The topological polar surface area (TPSA) is 66.8 Å². The van der Waals surface area contributed by atoms with Gasteiger partial charge >= 0.3 is 5.97 Å². The summed E-state index contributed by atoms with van der Waals surface area (Å²) in [6.45, 7) is 1.81. The molecule has 3 rings (SSSR count). The molecular weight excluding hydrogens is 340 g/mol.